The van der Waals surface area contributed by atoms with Gasteiger partial charge in [-0.1, -0.05) is 48.5 Å². The number of hydrogen-bond donors (Lipinski definition) is 6. The first-order valence-electron chi connectivity index (χ1n) is 17.5. The molecule has 0 radical (unpaired) electrons. The first-order chi connectivity index (χ1) is 27.5. The summed E-state index contributed by atoms with van der Waals surface area (Å²) < 4.78 is 11.7. The van der Waals surface area contributed by atoms with Gasteiger partial charge < -0.3 is 40.5 Å². The molecule has 0 saturated heterocycles. The van der Waals surface area contributed by atoms with Gasteiger partial charge >= 0.3 is 5.97 Å². The van der Waals surface area contributed by atoms with Crippen LogP contribution in [0, 0.1) is 0 Å². The largest absolute Gasteiger partial charge is 0.508 e. The van der Waals surface area contributed by atoms with E-state index in [1.165, 1.54) is 30.5 Å². The molecule has 14 heteroatoms. The third-order valence-corrected chi connectivity index (χ3v) is 8.84. The third kappa shape index (κ3) is 8.24. The molecule has 2 amide bonds. The molecule has 284 valence electrons. The Bertz CT molecular complexity index is 2650. The minimum Gasteiger partial charge on any atom is -0.508 e. The minimum atomic E-state index is -1.54. The molecule has 0 aliphatic carbocycles. The molecule has 0 fully saturated rings. The van der Waals surface area contributed by atoms with Gasteiger partial charge in [-0.05, 0) is 79.2 Å². The summed E-state index contributed by atoms with van der Waals surface area (Å²) in [7, 11) is 0. The second-order valence-electron chi connectivity index (χ2n) is 12.7. The van der Waals surface area contributed by atoms with Crippen molar-refractivity contribution in [2.45, 2.75) is 12.5 Å². The summed E-state index contributed by atoms with van der Waals surface area (Å²) in [5.41, 5.74) is -0.745. The van der Waals surface area contributed by atoms with E-state index < -0.39 is 52.5 Å². The number of hydrogen-bond acceptors (Lipinski definition) is 11. The molecule has 2 heterocycles. The van der Waals surface area contributed by atoms with Gasteiger partial charge in [-0.3, -0.25) is 14.4 Å². The lowest BCUT2D eigenvalue weighted by Gasteiger charge is -2.16. The second kappa shape index (κ2) is 16.2. The number of nitrogens with zero attached hydrogens (tertiary/aromatic N) is 2. The number of fused-ring (bicyclic) bond motifs is 2. The van der Waals surface area contributed by atoms with Crippen molar-refractivity contribution in [1.29, 1.82) is 0 Å². The fourth-order valence-corrected chi connectivity index (χ4v) is 5.99. The normalized spacial score (nSPS) is 11.4. The molecule has 0 aliphatic rings. The highest BCUT2D eigenvalue weighted by Crippen LogP contribution is 2.35. The summed E-state index contributed by atoms with van der Waals surface area (Å²) in [5.74, 6) is -3.02. The Morgan fingerprint density at radius 3 is 1.89 bits per heavy atom. The van der Waals surface area contributed by atoms with Crippen LogP contribution in [0.1, 0.15) is 43.4 Å². The number of phenolic OH excluding ortho intramolecular Hbond substituents is 1. The molecular formula is C43H32N4O10. The number of pyridine rings is 2. The van der Waals surface area contributed by atoms with E-state index in [1.54, 1.807) is 91.0 Å². The zero-order valence-electron chi connectivity index (χ0n) is 29.7. The lowest BCUT2D eigenvalue weighted by molar-refractivity contribution is -0.139. The van der Waals surface area contributed by atoms with Crippen molar-refractivity contribution in [2.24, 2.45) is 0 Å². The van der Waals surface area contributed by atoms with Crippen LogP contribution in [-0.2, 0) is 4.79 Å². The summed E-state index contributed by atoms with van der Waals surface area (Å²) in [4.78, 5) is 60.9. The number of rotatable bonds is 13. The van der Waals surface area contributed by atoms with Crippen LogP contribution in [0.15, 0.2) is 128 Å². The number of ketones is 1. The second-order valence-corrected chi connectivity index (χ2v) is 12.7. The van der Waals surface area contributed by atoms with E-state index in [2.05, 4.69) is 20.6 Å². The summed E-state index contributed by atoms with van der Waals surface area (Å²) in [5, 5.41) is 47.4. The molecule has 0 spiro atoms. The van der Waals surface area contributed by atoms with Crippen molar-refractivity contribution in [3.63, 3.8) is 0 Å². The highest BCUT2D eigenvalue weighted by Gasteiger charge is 2.27. The van der Waals surface area contributed by atoms with Crippen molar-refractivity contribution >= 4 is 45.1 Å². The topological polar surface area (TPSA) is 217 Å². The van der Waals surface area contributed by atoms with Crippen LogP contribution in [0.5, 0.6) is 40.2 Å². The molecule has 1 unspecified atom stereocenters. The van der Waals surface area contributed by atoms with Gasteiger partial charge in [0.2, 0.25) is 5.78 Å². The van der Waals surface area contributed by atoms with Crippen LogP contribution in [0.4, 0.5) is 0 Å². The van der Waals surface area contributed by atoms with Crippen LogP contribution in [0.3, 0.4) is 0 Å². The zero-order valence-corrected chi connectivity index (χ0v) is 29.7. The lowest BCUT2D eigenvalue weighted by Crippen LogP contribution is -2.43. The zero-order chi connectivity index (χ0) is 40.1. The number of aliphatic carboxylic acids is 1. The Morgan fingerprint density at radius 1 is 0.614 bits per heavy atom. The Kier molecular flexibility index (Phi) is 10.6. The highest BCUT2D eigenvalue weighted by atomic mass is 16.5. The third-order valence-electron chi connectivity index (χ3n) is 8.84. The molecule has 7 rings (SSSR count). The molecule has 5 aromatic carbocycles. The molecule has 14 nitrogen and oxygen atoms in total. The summed E-state index contributed by atoms with van der Waals surface area (Å²) in [6.07, 6.45) is 1.00. The molecule has 0 saturated carbocycles. The predicted molar refractivity (Wildman–Crippen MR) is 207 cm³/mol. The number of carbonyl (C=O) groups excluding carboxylic acids is 3. The van der Waals surface area contributed by atoms with Crippen LogP contribution >= 0.6 is 0 Å². The molecule has 0 aliphatic heterocycles. The molecule has 1 atom stereocenters. The monoisotopic (exact) mass is 764 g/mol. The van der Waals surface area contributed by atoms with Gasteiger partial charge in [0.05, 0.1) is 0 Å². The highest BCUT2D eigenvalue weighted by molar-refractivity contribution is 6.17. The van der Waals surface area contributed by atoms with Gasteiger partial charge in [0.1, 0.15) is 40.5 Å². The number of phenols is 1. The molecular weight excluding hydrogens is 732 g/mol. The number of para-hydroxylation sites is 1. The van der Waals surface area contributed by atoms with Gasteiger partial charge in [-0.2, -0.15) is 0 Å². The average Bonchev–Trinajstić information content (AvgIpc) is 3.22. The lowest BCUT2D eigenvalue weighted by atomic mass is 10.00. The number of carboxylic acid groups (broad SMARTS) is 1. The molecule has 2 aromatic heterocycles. The van der Waals surface area contributed by atoms with Crippen LogP contribution in [0.25, 0.3) is 21.5 Å². The van der Waals surface area contributed by atoms with E-state index in [-0.39, 0.29) is 46.1 Å². The molecule has 6 N–H and O–H groups in total. The predicted octanol–water partition coefficient (Wildman–Crippen LogP) is 6.72. The quantitative estimate of drug-likeness (QED) is 0.0675. The Morgan fingerprint density at radius 2 is 1.21 bits per heavy atom. The molecule has 57 heavy (non-hydrogen) atoms. The van der Waals surface area contributed by atoms with Crippen molar-refractivity contribution in [3.05, 3.63) is 150 Å². The molecule has 7 aromatic rings. The SMILES string of the molecule is O=C(NC(CCNC(=O)c1nc(C(=O)c2ccccc2)c2cc(Oc3ccccc3)ccc2c1O)C(=O)O)c1ncc2cc(Oc3ccc(O)cc3)ccc2c1O. The Labute approximate surface area is 323 Å². The summed E-state index contributed by atoms with van der Waals surface area (Å²) in [6, 6.07) is 31.0. The molecule has 0 bridgehead atoms. The number of amides is 2. The maximum absolute atomic E-state index is 13.7. The van der Waals surface area contributed by atoms with Gasteiger partial charge in [-0.15, -0.1) is 0 Å². The van der Waals surface area contributed by atoms with E-state index in [9.17, 15) is 39.6 Å². The van der Waals surface area contributed by atoms with Gasteiger partial charge in [0.25, 0.3) is 11.8 Å². The number of carboxylic acids is 1. The summed E-state index contributed by atoms with van der Waals surface area (Å²) in [6.45, 7) is -0.304. The van der Waals surface area contributed by atoms with Crippen LogP contribution < -0.4 is 20.1 Å². The minimum absolute atomic E-state index is 0.0754. The number of ether oxygens (including phenoxy) is 2. The van der Waals surface area contributed by atoms with E-state index in [1.807, 2.05) is 6.07 Å². The van der Waals surface area contributed by atoms with E-state index in [0.717, 1.165) is 0 Å². The first kappa shape index (κ1) is 37.3. The Balaban J connectivity index is 1.06. The number of nitrogens with one attached hydrogen (secondary N) is 2. The van der Waals surface area contributed by atoms with Crippen LogP contribution in [-0.4, -0.2) is 66.5 Å². The number of benzene rings is 5. The first-order valence-corrected chi connectivity index (χ1v) is 17.5. The van der Waals surface area contributed by atoms with Gasteiger partial charge in [-0.25, -0.2) is 14.8 Å². The average molecular weight is 765 g/mol. The number of aromatic nitrogens is 2. The van der Waals surface area contributed by atoms with Crippen molar-refractivity contribution in [2.75, 3.05) is 6.54 Å². The smallest absolute Gasteiger partial charge is 0.326 e. The van der Waals surface area contributed by atoms with Gasteiger partial charge in [0, 0.05) is 39.8 Å². The van der Waals surface area contributed by atoms with Gasteiger partial charge in [0.15, 0.2) is 22.9 Å². The van der Waals surface area contributed by atoms with E-state index in [0.29, 0.717) is 28.4 Å². The van der Waals surface area contributed by atoms with E-state index in [4.69, 9.17) is 9.47 Å². The number of aromatic hydroxyl groups is 3. The van der Waals surface area contributed by atoms with Crippen molar-refractivity contribution in [3.8, 4) is 40.2 Å². The van der Waals surface area contributed by atoms with Crippen LogP contribution in [0.2, 0.25) is 0 Å². The number of carbonyl (C=O) groups is 4. The maximum Gasteiger partial charge on any atom is 0.326 e. The maximum atomic E-state index is 13.7. The fourth-order valence-electron chi connectivity index (χ4n) is 5.99. The van der Waals surface area contributed by atoms with Crippen molar-refractivity contribution < 1.29 is 49.1 Å². The standard InChI is InChI=1S/C43H32N4O10/c48-26-11-13-28(14-12-26)57-29-15-17-31-25(21-29)23-45-36(39(31)50)42(53)46-34(43(54)55)19-20-44-41(52)37-40(51)32-18-16-30(56-27-9-5-2-6-10-27)22-33(32)35(47-37)38(49)24-7-3-1-4-8-24/h1-18,21-23,34,48,50-51H,19-20H2,(H,44,52)(H,46,53)(H,54,55). The summed E-state index contributed by atoms with van der Waals surface area (Å²) >= 11 is 0. The fraction of sp³-hybridized carbons (Fsp3) is 0.0698. The van der Waals surface area contributed by atoms with Crippen molar-refractivity contribution in [1.82, 2.24) is 20.6 Å². The Hall–Kier alpha value is -8.00. The van der Waals surface area contributed by atoms with E-state index >= 15 is 0 Å².